The van der Waals surface area contributed by atoms with Crippen molar-refractivity contribution >= 4 is 26.5 Å². The summed E-state index contributed by atoms with van der Waals surface area (Å²) in [4.78, 5) is 0. The Morgan fingerprint density at radius 3 is 2.39 bits per heavy atom. The molecule has 5 radical (unpaired) electrons. The van der Waals surface area contributed by atoms with Crippen LogP contribution >= 0.6 is 0 Å². The maximum absolute atomic E-state index is 13.5. The number of fused-ring (bicyclic) bond motifs is 3. The van der Waals surface area contributed by atoms with Crippen molar-refractivity contribution in [2.45, 2.75) is 23.9 Å². The number of rotatable bonds is 5. The standard InChI is InChI=1S/C27H21O5S/c28-20-14-12-19(13-15-20)25-23-16-24(27(31-23)26(25)18-7-1-2-8-18)33(29,30)32-22-11-5-9-17-6-3-4-10-21(17)22/h1-15,23-24,27-28H,16H2/t23-,24?,27+/m1/s1. The summed E-state index contributed by atoms with van der Waals surface area (Å²) < 4.78 is 38.9. The van der Waals surface area contributed by atoms with Crippen LogP contribution in [0.25, 0.3) is 16.3 Å². The van der Waals surface area contributed by atoms with E-state index in [1.807, 2.05) is 68.1 Å². The second-order valence-corrected chi connectivity index (χ2v) is 10.2. The van der Waals surface area contributed by atoms with Gasteiger partial charge in [0.25, 0.3) is 0 Å². The molecule has 3 aromatic rings. The number of phenolic OH excluding ortho intramolecular Hbond substituents is 1. The highest BCUT2D eigenvalue weighted by atomic mass is 32.2. The Labute approximate surface area is 193 Å². The zero-order valence-electron chi connectivity index (χ0n) is 17.6. The van der Waals surface area contributed by atoms with Crippen molar-refractivity contribution in [3.63, 3.8) is 0 Å². The maximum atomic E-state index is 13.5. The molecule has 1 aliphatic carbocycles. The molecule has 6 rings (SSSR count). The summed E-state index contributed by atoms with van der Waals surface area (Å²) in [5.41, 5.74) is 2.77. The predicted molar refractivity (Wildman–Crippen MR) is 126 cm³/mol. The minimum absolute atomic E-state index is 0.183. The first-order chi connectivity index (χ1) is 16.0. The van der Waals surface area contributed by atoms with Gasteiger partial charge < -0.3 is 14.0 Å². The van der Waals surface area contributed by atoms with Gasteiger partial charge in [-0.2, -0.15) is 8.42 Å². The van der Waals surface area contributed by atoms with E-state index in [1.54, 1.807) is 24.3 Å². The molecule has 2 heterocycles. The molecule has 1 saturated heterocycles. The van der Waals surface area contributed by atoms with Gasteiger partial charge in [0.2, 0.25) is 0 Å². The van der Waals surface area contributed by atoms with Gasteiger partial charge in [-0.25, -0.2) is 0 Å². The van der Waals surface area contributed by atoms with Crippen LogP contribution in [0.3, 0.4) is 0 Å². The lowest BCUT2D eigenvalue weighted by Gasteiger charge is -2.27. The van der Waals surface area contributed by atoms with Crippen molar-refractivity contribution in [1.82, 2.24) is 0 Å². The van der Waals surface area contributed by atoms with Crippen molar-refractivity contribution in [2.24, 2.45) is 0 Å². The fourth-order valence-electron chi connectivity index (χ4n) is 5.00. The van der Waals surface area contributed by atoms with Crippen LogP contribution in [0.5, 0.6) is 11.5 Å². The Morgan fingerprint density at radius 2 is 1.61 bits per heavy atom. The summed E-state index contributed by atoms with van der Waals surface area (Å²) in [5, 5.41) is 10.6. The molecular formula is C27H21O5S. The van der Waals surface area contributed by atoms with Gasteiger partial charge in [-0.15, -0.1) is 0 Å². The van der Waals surface area contributed by atoms with Gasteiger partial charge in [0, 0.05) is 17.7 Å². The van der Waals surface area contributed by atoms with Crippen LogP contribution in [-0.4, -0.2) is 31.0 Å². The molecular weight excluding hydrogens is 436 g/mol. The molecule has 2 fully saturated rings. The highest BCUT2D eigenvalue weighted by Gasteiger charge is 2.55. The maximum Gasteiger partial charge on any atom is 0.315 e. The summed E-state index contributed by atoms with van der Waals surface area (Å²) in [6.07, 6.45) is 7.13. The second kappa shape index (κ2) is 7.89. The van der Waals surface area contributed by atoms with Gasteiger partial charge >= 0.3 is 10.1 Å². The number of phenols is 1. The van der Waals surface area contributed by atoms with E-state index < -0.39 is 21.5 Å². The number of ether oxygens (including phenoxy) is 1. The van der Waals surface area contributed by atoms with Gasteiger partial charge in [0.05, 0.1) is 6.10 Å². The van der Waals surface area contributed by atoms with Crippen molar-refractivity contribution in [3.05, 3.63) is 109 Å². The average Bonchev–Trinajstić information content (AvgIpc) is 3.56. The zero-order valence-corrected chi connectivity index (χ0v) is 18.4. The largest absolute Gasteiger partial charge is 0.508 e. The summed E-state index contributed by atoms with van der Waals surface area (Å²) in [6, 6.07) is 19.9. The van der Waals surface area contributed by atoms with Gasteiger partial charge in [0.1, 0.15) is 22.9 Å². The van der Waals surface area contributed by atoms with Crippen LogP contribution in [0.15, 0.2) is 72.3 Å². The Bertz CT molecular complexity index is 1330. The van der Waals surface area contributed by atoms with E-state index in [4.69, 9.17) is 8.92 Å². The third kappa shape index (κ3) is 3.52. The van der Waals surface area contributed by atoms with E-state index in [0.29, 0.717) is 12.2 Å². The molecule has 0 spiro atoms. The smallest absolute Gasteiger partial charge is 0.315 e. The van der Waals surface area contributed by atoms with E-state index in [2.05, 4.69) is 0 Å². The summed E-state index contributed by atoms with van der Waals surface area (Å²) in [5.74, 6) is 1.45. The molecule has 1 saturated carbocycles. The molecule has 165 valence electrons. The molecule has 33 heavy (non-hydrogen) atoms. The highest BCUT2D eigenvalue weighted by molar-refractivity contribution is 7.87. The van der Waals surface area contributed by atoms with Crippen molar-refractivity contribution in [1.29, 1.82) is 0 Å². The summed E-state index contributed by atoms with van der Waals surface area (Å²) in [7, 11) is -3.97. The lowest BCUT2D eigenvalue weighted by molar-refractivity contribution is 0.119. The van der Waals surface area contributed by atoms with Crippen molar-refractivity contribution < 1.29 is 22.4 Å². The molecule has 1 unspecified atom stereocenters. The van der Waals surface area contributed by atoms with Gasteiger partial charge in [-0.1, -0.05) is 48.5 Å². The molecule has 2 aliphatic heterocycles. The average molecular weight is 458 g/mol. The Balaban J connectivity index is 1.37. The van der Waals surface area contributed by atoms with Crippen LogP contribution < -0.4 is 4.18 Å². The molecule has 3 atom stereocenters. The predicted octanol–water partition coefficient (Wildman–Crippen LogP) is 4.65. The normalized spacial score (nSPS) is 25.3. The molecule has 3 aliphatic rings. The van der Waals surface area contributed by atoms with Crippen molar-refractivity contribution in [3.8, 4) is 11.5 Å². The van der Waals surface area contributed by atoms with Crippen LogP contribution in [0.2, 0.25) is 0 Å². The summed E-state index contributed by atoms with van der Waals surface area (Å²) in [6.45, 7) is 0. The fourth-order valence-corrected chi connectivity index (χ4v) is 6.43. The minimum atomic E-state index is -3.97. The van der Waals surface area contributed by atoms with E-state index in [-0.39, 0.29) is 11.9 Å². The van der Waals surface area contributed by atoms with Gasteiger partial charge in [0.15, 0.2) is 0 Å². The third-order valence-corrected chi connectivity index (χ3v) is 8.06. The number of benzene rings is 3. The molecule has 5 nitrogen and oxygen atoms in total. The Kier molecular flexibility index (Phi) is 4.96. The van der Waals surface area contributed by atoms with E-state index in [9.17, 15) is 13.5 Å². The molecule has 6 heteroatoms. The molecule has 2 bridgehead atoms. The first-order valence-electron chi connectivity index (χ1n) is 10.8. The van der Waals surface area contributed by atoms with Gasteiger partial charge in [-0.05, 0) is 66.0 Å². The fraction of sp³-hybridized carbons (Fsp3) is 0.148. The first kappa shape index (κ1) is 20.8. The monoisotopic (exact) mass is 457 g/mol. The molecule has 0 aromatic heterocycles. The lowest BCUT2D eigenvalue weighted by Crippen LogP contribution is -2.37. The number of aromatic hydroxyl groups is 1. The molecule has 0 amide bonds. The third-order valence-electron chi connectivity index (χ3n) is 6.47. The first-order valence-corrected chi connectivity index (χ1v) is 12.3. The van der Waals surface area contributed by atoms with Crippen LogP contribution in [0, 0.1) is 31.6 Å². The SMILES string of the molecule is O=S(=O)(Oc1cccc2ccccc12)C1C[C@H]2O[C@@H]1C([C]1[CH][CH][CH][CH]1)=C2c1ccc(O)cc1. The number of hydrogen-bond acceptors (Lipinski definition) is 5. The minimum Gasteiger partial charge on any atom is -0.508 e. The Morgan fingerprint density at radius 1 is 0.879 bits per heavy atom. The molecule has 3 aromatic carbocycles. The zero-order chi connectivity index (χ0) is 22.6. The molecule has 1 N–H and O–H groups in total. The van der Waals surface area contributed by atoms with Crippen molar-refractivity contribution in [2.75, 3.05) is 0 Å². The van der Waals surface area contributed by atoms with Crippen LogP contribution in [-0.2, 0) is 14.9 Å². The quantitative estimate of drug-likeness (QED) is 0.565. The topological polar surface area (TPSA) is 72.8 Å². The van der Waals surface area contributed by atoms with E-state index >= 15 is 0 Å². The summed E-state index contributed by atoms with van der Waals surface area (Å²) >= 11 is 0. The van der Waals surface area contributed by atoms with Crippen LogP contribution in [0.1, 0.15) is 12.0 Å². The second-order valence-electron chi connectivity index (χ2n) is 8.42. The van der Waals surface area contributed by atoms with E-state index in [0.717, 1.165) is 33.4 Å². The van der Waals surface area contributed by atoms with Gasteiger partial charge in [-0.3, -0.25) is 0 Å². The Hall–Kier alpha value is -2.83. The highest BCUT2D eigenvalue weighted by Crippen LogP contribution is 2.52. The lowest BCUT2D eigenvalue weighted by atomic mass is 9.80. The van der Waals surface area contributed by atoms with Crippen LogP contribution in [0.4, 0.5) is 0 Å². The van der Waals surface area contributed by atoms with E-state index in [1.165, 1.54) is 0 Å². The number of hydrogen-bond donors (Lipinski definition) is 1.